The molecule has 3 aromatic rings. The maximum Gasteiger partial charge on any atom is 0.273 e. The van der Waals surface area contributed by atoms with Gasteiger partial charge in [0.15, 0.2) is 11.0 Å². The summed E-state index contributed by atoms with van der Waals surface area (Å²) in [6, 6.07) is 10.8. The molecule has 1 aliphatic heterocycles. The van der Waals surface area contributed by atoms with Gasteiger partial charge in [0.2, 0.25) is 0 Å². The Morgan fingerprint density at radius 1 is 1.30 bits per heavy atom. The zero-order valence-electron chi connectivity index (χ0n) is 14.5. The summed E-state index contributed by atoms with van der Waals surface area (Å²) in [7, 11) is 0. The van der Waals surface area contributed by atoms with E-state index < -0.39 is 0 Å². The van der Waals surface area contributed by atoms with Crippen LogP contribution in [-0.4, -0.2) is 32.4 Å². The average Bonchev–Trinajstić information content (AvgIpc) is 3.43. The van der Waals surface area contributed by atoms with Crippen molar-refractivity contribution >= 4 is 28.8 Å². The summed E-state index contributed by atoms with van der Waals surface area (Å²) in [4.78, 5) is 11.9. The zero-order valence-corrected chi connectivity index (χ0v) is 16.1. The molecule has 1 unspecified atom stereocenters. The van der Waals surface area contributed by atoms with Crippen LogP contribution in [0.25, 0.3) is 10.7 Å². The highest BCUT2D eigenvalue weighted by molar-refractivity contribution is 7.98. The minimum atomic E-state index is -0.343. The summed E-state index contributed by atoms with van der Waals surface area (Å²) >= 11 is 3.09. The van der Waals surface area contributed by atoms with Crippen molar-refractivity contribution in [3.8, 4) is 10.7 Å². The van der Waals surface area contributed by atoms with E-state index in [-0.39, 0.29) is 16.7 Å². The van der Waals surface area contributed by atoms with Gasteiger partial charge in [0.25, 0.3) is 5.69 Å². The van der Waals surface area contributed by atoms with E-state index in [1.54, 1.807) is 23.5 Å². The van der Waals surface area contributed by atoms with Crippen LogP contribution in [0.15, 0.2) is 46.9 Å². The van der Waals surface area contributed by atoms with Crippen LogP contribution in [0, 0.1) is 10.1 Å². The lowest BCUT2D eigenvalue weighted by molar-refractivity contribution is -0.385. The second-order valence-corrected chi connectivity index (χ2v) is 8.09. The largest absolute Gasteiger partial charge is 0.376 e. The van der Waals surface area contributed by atoms with E-state index in [4.69, 9.17) is 4.74 Å². The predicted octanol–water partition coefficient (Wildman–Crippen LogP) is 4.39. The molecule has 1 saturated heterocycles. The molecule has 1 aliphatic rings. The number of ether oxygens (including phenoxy) is 1. The lowest BCUT2D eigenvalue weighted by Gasteiger charge is -2.14. The van der Waals surface area contributed by atoms with Crippen molar-refractivity contribution in [2.75, 3.05) is 6.61 Å². The summed E-state index contributed by atoms with van der Waals surface area (Å²) in [5.74, 6) is 1.29. The van der Waals surface area contributed by atoms with Gasteiger partial charge in [-0.25, -0.2) is 0 Å². The van der Waals surface area contributed by atoms with Crippen molar-refractivity contribution in [2.24, 2.45) is 0 Å². The quantitative estimate of drug-likeness (QED) is 0.331. The number of hydrogen-bond acceptors (Lipinski definition) is 7. The maximum absolute atomic E-state index is 11.2. The molecule has 1 aromatic carbocycles. The first-order chi connectivity index (χ1) is 13.2. The Labute approximate surface area is 164 Å². The molecule has 0 radical (unpaired) electrons. The van der Waals surface area contributed by atoms with Gasteiger partial charge in [-0.1, -0.05) is 36.0 Å². The number of aromatic nitrogens is 3. The van der Waals surface area contributed by atoms with E-state index in [0.717, 1.165) is 35.3 Å². The average molecular weight is 403 g/mol. The highest BCUT2D eigenvalue weighted by Gasteiger charge is 2.23. The molecular formula is C18H18N4O3S2. The van der Waals surface area contributed by atoms with Crippen LogP contribution < -0.4 is 0 Å². The Kier molecular flexibility index (Phi) is 5.51. The molecule has 0 saturated carbocycles. The lowest BCUT2D eigenvalue weighted by Crippen LogP contribution is -2.16. The minimum Gasteiger partial charge on any atom is -0.376 e. The molecule has 0 amide bonds. The molecule has 1 fully saturated rings. The fourth-order valence-electron chi connectivity index (χ4n) is 3.09. The number of benzene rings is 1. The topological polar surface area (TPSA) is 83.1 Å². The Balaban J connectivity index is 1.59. The number of thioether (sulfide) groups is 1. The van der Waals surface area contributed by atoms with E-state index in [9.17, 15) is 10.1 Å². The number of hydrogen-bond donors (Lipinski definition) is 0. The molecule has 0 spiro atoms. The Hall–Kier alpha value is -2.23. The molecule has 7 nitrogen and oxygen atoms in total. The van der Waals surface area contributed by atoms with Crippen molar-refractivity contribution in [3.63, 3.8) is 0 Å². The summed E-state index contributed by atoms with van der Waals surface area (Å²) < 4.78 is 7.88. The van der Waals surface area contributed by atoms with Gasteiger partial charge < -0.3 is 4.74 Å². The Morgan fingerprint density at radius 2 is 2.19 bits per heavy atom. The van der Waals surface area contributed by atoms with Gasteiger partial charge in [0, 0.05) is 24.0 Å². The molecular weight excluding hydrogens is 384 g/mol. The number of para-hydroxylation sites is 1. The SMILES string of the molecule is O=[N+]([O-])c1ccccc1CSc1nnc(-c2cccs2)n1CC1CCCO1. The molecule has 1 atom stereocenters. The van der Waals surface area contributed by atoms with Crippen LogP contribution in [0.2, 0.25) is 0 Å². The van der Waals surface area contributed by atoms with E-state index in [2.05, 4.69) is 14.8 Å². The Bertz CT molecular complexity index is 921. The molecule has 0 bridgehead atoms. The molecule has 27 heavy (non-hydrogen) atoms. The summed E-state index contributed by atoms with van der Waals surface area (Å²) in [6.07, 6.45) is 2.25. The molecule has 9 heteroatoms. The monoisotopic (exact) mass is 402 g/mol. The predicted molar refractivity (Wildman–Crippen MR) is 105 cm³/mol. The van der Waals surface area contributed by atoms with Crippen molar-refractivity contribution in [1.82, 2.24) is 14.8 Å². The number of rotatable bonds is 7. The fourth-order valence-corrected chi connectivity index (χ4v) is 4.75. The van der Waals surface area contributed by atoms with E-state index in [1.807, 2.05) is 23.6 Å². The summed E-state index contributed by atoms with van der Waals surface area (Å²) in [6.45, 7) is 1.49. The van der Waals surface area contributed by atoms with Crippen LogP contribution in [0.1, 0.15) is 18.4 Å². The van der Waals surface area contributed by atoms with Crippen molar-refractivity contribution in [3.05, 3.63) is 57.5 Å². The van der Waals surface area contributed by atoms with Crippen LogP contribution >= 0.6 is 23.1 Å². The Morgan fingerprint density at radius 3 is 2.93 bits per heavy atom. The zero-order chi connectivity index (χ0) is 18.6. The van der Waals surface area contributed by atoms with E-state index in [1.165, 1.54) is 17.8 Å². The number of thiophene rings is 1. The molecule has 4 rings (SSSR count). The standard InChI is InChI=1S/C18H18N4O3S2/c23-22(24)15-7-2-1-5-13(15)12-27-18-20-19-17(16-8-4-10-26-16)21(18)11-14-6-3-9-25-14/h1-2,4-5,7-8,10,14H,3,6,9,11-12H2. The third kappa shape index (κ3) is 4.05. The smallest absolute Gasteiger partial charge is 0.273 e. The highest BCUT2D eigenvalue weighted by atomic mass is 32.2. The molecule has 2 aromatic heterocycles. The third-order valence-corrected chi connectivity index (χ3v) is 6.30. The van der Waals surface area contributed by atoms with E-state index >= 15 is 0 Å². The van der Waals surface area contributed by atoms with Gasteiger partial charge in [-0.3, -0.25) is 14.7 Å². The van der Waals surface area contributed by atoms with Crippen LogP contribution in [0.5, 0.6) is 0 Å². The summed E-state index contributed by atoms with van der Waals surface area (Å²) in [5.41, 5.74) is 0.811. The van der Waals surface area contributed by atoms with Crippen molar-refractivity contribution in [1.29, 1.82) is 0 Å². The summed E-state index contributed by atoms with van der Waals surface area (Å²) in [5, 5.41) is 22.8. The maximum atomic E-state index is 11.2. The number of nitrogens with zero attached hydrogens (tertiary/aromatic N) is 4. The number of nitro benzene ring substituents is 1. The second-order valence-electron chi connectivity index (χ2n) is 6.20. The first-order valence-electron chi connectivity index (χ1n) is 8.66. The first-order valence-corrected chi connectivity index (χ1v) is 10.5. The van der Waals surface area contributed by atoms with Gasteiger partial charge in [-0.2, -0.15) is 0 Å². The van der Waals surface area contributed by atoms with Crippen LogP contribution in [0.4, 0.5) is 5.69 Å². The molecule has 140 valence electrons. The van der Waals surface area contributed by atoms with Crippen molar-refractivity contribution in [2.45, 2.75) is 36.4 Å². The minimum absolute atomic E-state index is 0.133. The van der Waals surface area contributed by atoms with Gasteiger partial charge in [0.05, 0.1) is 22.4 Å². The van der Waals surface area contributed by atoms with Crippen LogP contribution in [0.3, 0.4) is 0 Å². The number of nitro groups is 1. The first kappa shape index (κ1) is 18.1. The van der Waals surface area contributed by atoms with Crippen molar-refractivity contribution < 1.29 is 9.66 Å². The van der Waals surface area contributed by atoms with Crippen LogP contribution in [-0.2, 0) is 17.0 Å². The van der Waals surface area contributed by atoms with Gasteiger partial charge in [-0.15, -0.1) is 21.5 Å². The molecule has 3 heterocycles. The fraction of sp³-hybridized carbons (Fsp3) is 0.333. The third-order valence-electron chi connectivity index (χ3n) is 4.41. The lowest BCUT2D eigenvalue weighted by atomic mass is 10.2. The van der Waals surface area contributed by atoms with Gasteiger partial charge in [0.1, 0.15) is 0 Å². The highest BCUT2D eigenvalue weighted by Crippen LogP contribution is 2.32. The molecule has 0 aliphatic carbocycles. The normalized spacial score (nSPS) is 16.7. The second kappa shape index (κ2) is 8.20. The molecule has 0 N–H and O–H groups in total. The van der Waals surface area contributed by atoms with Gasteiger partial charge in [-0.05, 0) is 24.3 Å². The van der Waals surface area contributed by atoms with E-state index in [0.29, 0.717) is 17.9 Å². The van der Waals surface area contributed by atoms with Gasteiger partial charge >= 0.3 is 0 Å².